The van der Waals surface area contributed by atoms with E-state index >= 15 is 0 Å². The summed E-state index contributed by atoms with van der Waals surface area (Å²) in [5.74, 6) is 1.02. The van der Waals surface area contributed by atoms with Crippen molar-refractivity contribution in [2.45, 2.75) is 6.16 Å². The second-order valence-electron chi connectivity index (χ2n) is 6.77. The Kier molecular flexibility index (Phi) is 5.11. The van der Waals surface area contributed by atoms with Crippen molar-refractivity contribution in [2.75, 3.05) is 0 Å². The average Bonchev–Trinajstić information content (AvgIpc) is 3.04. The molecule has 0 aliphatic heterocycles. The van der Waals surface area contributed by atoms with Crippen LogP contribution in [0.4, 0.5) is 0 Å². The molecular weight excluding hydrogens is 371 g/mol. The molecule has 0 radical (unpaired) electrons. The van der Waals surface area contributed by atoms with Crippen LogP contribution in [0.2, 0.25) is 5.15 Å². The third-order valence-corrected chi connectivity index (χ3v) is 10.2. The molecule has 0 fully saturated rings. The van der Waals surface area contributed by atoms with E-state index in [1.54, 1.807) is 0 Å². The Morgan fingerprint density at radius 2 is 1.15 bits per heavy atom. The van der Waals surface area contributed by atoms with Gasteiger partial charge in [-0.15, -0.1) is 0 Å². The summed E-state index contributed by atoms with van der Waals surface area (Å²) in [4.78, 5) is 4.63. The Hall–Kier alpha value is -2.41. The molecule has 4 aromatic rings. The number of halogens is 1. The van der Waals surface area contributed by atoms with Crippen LogP contribution in [0.3, 0.4) is 0 Å². The maximum atomic E-state index is 6.22. The molecule has 2 nitrogen and oxygen atoms in total. The molecule has 1 aromatic heterocycles. The van der Waals surface area contributed by atoms with E-state index in [4.69, 9.17) is 11.6 Å². The summed E-state index contributed by atoms with van der Waals surface area (Å²) in [6.07, 6.45) is 2.74. The fraction of sp³-hybridized carbons (Fsp3) is 0.0870. The van der Waals surface area contributed by atoms with E-state index in [2.05, 4.69) is 101 Å². The Balaban J connectivity index is 2.01. The number of rotatable bonds is 5. The Bertz CT molecular complexity index is 918. The Morgan fingerprint density at radius 1 is 0.741 bits per heavy atom. The number of aromatic nitrogens is 2. The average molecular weight is 393 g/mol. The SMILES string of the molecule is Cn1cc(Cl)nc1C[PH](c1ccccc1)(c1ccccc1)c1ccccc1. The standard InChI is InChI=1S/C23H22ClN2P/c1-26-17-22(24)25-23(26)18-27(19-11-5-2-6-12-19,20-13-7-3-8-14-20)21-15-9-4-10-16-21/h2-17,27H,18H2,1H3. The van der Waals surface area contributed by atoms with Gasteiger partial charge in [-0.3, -0.25) is 0 Å². The van der Waals surface area contributed by atoms with E-state index in [-0.39, 0.29) is 0 Å². The van der Waals surface area contributed by atoms with E-state index in [0.717, 1.165) is 12.0 Å². The van der Waals surface area contributed by atoms with Crippen LogP contribution in [0.1, 0.15) is 5.82 Å². The fourth-order valence-electron chi connectivity index (χ4n) is 3.84. The third-order valence-electron chi connectivity index (χ3n) is 5.17. The van der Waals surface area contributed by atoms with Gasteiger partial charge in [0.25, 0.3) is 0 Å². The number of aryl methyl sites for hydroxylation is 1. The minimum absolute atomic E-state index is 0.546. The first-order valence-electron chi connectivity index (χ1n) is 9.04. The Labute approximate surface area is 165 Å². The van der Waals surface area contributed by atoms with E-state index < -0.39 is 7.26 Å². The van der Waals surface area contributed by atoms with Gasteiger partial charge in [-0.2, -0.15) is 0 Å². The van der Waals surface area contributed by atoms with Crippen LogP contribution in [0, 0.1) is 0 Å². The van der Waals surface area contributed by atoms with E-state index in [9.17, 15) is 0 Å². The molecule has 0 bridgehead atoms. The molecule has 136 valence electrons. The van der Waals surface area contributed by atoms with Gasteiger partial charge >= 0.3 is 166 Å². The predicted octanol–water partition coefficient (Wildman–Crippen LogP) is 4.30. The normalized spacial score (nSPS) is 12.1. The molecular formula is C23H22ClN2P. The van der Waals surface area contributed by atoms with Gasteiger partial charge in [0, 0.05) is 0 Å². The molecule has 0 saturated carbocycles. The first kappa shape index (κ1) is 18.0. The second kappa shape index (κ2) is 7.68. The number of imidazole rings is 1. The van der Waals surface area contributed by atoms with Crippen molar-refractivity contribution in [3.63, 3.8) is 0 Å². The van der Waals surface area contributed by atoms with Crippen LogP contribution in [-0.2, 0) is 13.2 Å². The molecule has 0 unspecified atom stereocenters. The van der Waals surface area contributed by atoms with Gasteiger partial charge in [-0.25, -0.2) is 0 Å². The maximum absolute atomic E-state index is 6.22. The summed E-state index contributed by atoms with van der Waals surface area (Å²) < 4.78 is 2.05. The zero-order valence-electron chi connectivity index (χ0n) is 15.2. The molecule has 27 heavy (non-hydrogen) atoms. The van der Waals surface area contributed by atoms with Crippen molar-refractivity contribution in [1.82, 2.24) is 9.55 Å². The molecule has 0 aliphatic carbocycles. The van der Waals surface area contributed by atoms with Gasteiger partial charge in [-0.1, -0.05) is 0 Å². The summed E-state index contributed by atoms with van der Waals surface area (Å²) in [5.41, 5.74) is 0. The quantitative estimate of drug-likeness (QED) is 0.463. The molecule has 0 saturated heterocycles. The predicted molar refractivity (Wildman–Crippen MR) is 118 cm³/mol. The van der Waals surface area contributed by atoms with Gasteiger partial charge in [-0.05, 0) is 0 Å². The molecule has 1 heterocycles. The third kappa shape index (κ3) is 3.43. The van der Waals surface area contributed by atoms with Crippen LogP contribution in [0.5, 0.6) is 0 Å². The van der Waals surface area contributed by atoms with Crippen molar-refractivity contribution < 1.29 is 0 Å². The summed E-state index contributed by atoms with van der Waals surface area (Å²) in [7, 11) is -0.303. The fourth-order valence-corrected chi connectivity index (χ4v) is 8.78. The van der Waals surface area contributed by atoms with Crippen molar-refractivity contribution in [3.05, 3.63) is 108 Å². The molecule has 4 rings (SSSR count). The van der Waals surface area contributed by atoms with Gasteiger partial charge in [0.1, 0.15) is 0 Å². The molecule has 0 amide bonds. The second-order valence-corrected chi connectivity index (χ2v) is 11.1. The van der Waals surface area contributed by atoms with E-state index in [1.807, 2.05) is 13.2 Å². The van der Waals surface area contributed by atoms with Gasteiger partial charge < -0.3 is 0 Å². The molecule has 0 atom stereocenters. The van der Waals surface area contributed by atoms with Crippen molar-refractivity contribution in [2.24, 2.45) is 7.05 Å². The van der Waals surface area contributed by atoms with Crippen molar-refractivity contribution >= 4 is 34.8 Å². The molecule has 0 N–H and O–H groups in total. The topological polar surface area (TPSA) is 17.8 Å². The van der Waals surface area contributed by atoms with Crippen LogP contribution >= 0.6 is 18.9 Å². The molecule has 4 heteroatoms. The molecule has 0 spiro atoms. The molecule has 3 aromatic carbocycles. The van der Waals surface area contributed by atoms with Gasteiger partial charge in [0.05, 0.1) is 0 Å². The zero-order chi connectivity index (χ0) is 18.7. The van der Waals surface area contributed by atoms with E-state index in [1.165, 1.54) is 15.9 Å². The van der Waals surface area contributed by atoms with Crippen LogP contribution in [0.15, 0.2) is 97.2 Å². The summed E-state index contributed by atoms with van der Waals surface area (Å²) in [5, 5.41) is 4.68. The summed E-state index contributed by atoms with van der Waals surface area (Å²) in [6.45, 7) is 0. The van der Waals surface area contributed by atoms with E-state index in [0.29, 0.717) is 5.15 Å². The van der Waals surface area contributed by atoms with Crippen molar-refractivity contribution in [3.8, 4) is 0 Å². The van der Waals surface area contributed by atoms with Crippen LogP contribution in [0.25, 0.3) is 0 Å². The Morgan fingerprint density at radius 3 is 1.48 bits per heavy atom. The number of hydrogen-bond donors (Lipinski definition) is 0. The van der Waals surface area contributed by atoms with Crippen molar-refractivity contribution in [1.29, 1.82) is 0 Å². The monoisotopic (exact) mass is 392 g/mol. The van der Waals surface area contributed by atoms with Gasteiger partial charge in [0.15, 0.2) is 0 Å². The van der Waals surface area contributed by atoms with Gasteiger partial charge in [0.2, 0.25) is 0 Å². The summed E-state index contributed by atoms with van der Waals surface area (Å²) >= 11 is 6.22. The first-order chi connectivity index (χ1) is 13.2. The summed E-state index contributed by atoms with van der Waals surface area (Å²) in [6, 6.07) is 32.6. The van der Waals surface area contributed by atoms with Crippen LogP contribution in [-0.4, -0.2) is 9.55 Å². The first-order valence-corrected chi connectivity index (χ1v) is 11.6. The number of hydrogen-bond acceptors (Lipinski definition) is 1. The zero-order valence-corrected chi connectivity index (χ0v) is 17.0. The number of benzene rings is 3. The minimum atomic E-state index is -2.32. The number of nitrogens with zero attached hydrogens (tertiary/aromatic N) is 2. The molecule has 0 aliphatic rings. The van der Waals surface area contributed by atoms with Crippen LogP contribution < -0.4 is 15.9 Å².